The minimum atomic E-state index is -0.525. The molecule has 0 aromatic heterocycles. The number of benzene rings is 1. The summed E-state index contributed by atoms with van der Waals surface area (Å²) in [5.74, 6) is 0.567. The number of aliphatic hydroxyl groups excluding tert-OH is 1. The Bertz CT molecular complexity index is 407. The van der Waals surface area contributed by atoms with Crippen molar-refractivity contribution in [2.24, 2.45) is 0 Å². The van der Waals surface area contributed by atoms with Crippen LogP contribution in [0, 0.1) is 0 Å². The molecule has 1 aromatic carbocycles. The van der Waals surface area contributed by atoms with Crippen molar-refractivity contribution in [1.29, 1.82) is 0 Å². The monoisotopic (exact) mass is 302 g/mol. The van der Waals surface area contributed by atoms with Crippen LogP contribution in [-0.4, -0.2) is 42.9 Å². The summed E-state index contributed by atoms with van der Waals surface area (Å²) < 4.78 is 10.9. The smallest absolute Gasteiger partial charge is 0.0988 e. The van der Waals surface area contributed by atoms with Crippen LogP contribution in [-0.2, 0) is 9.47 Å². The summed E-state index contributed by atoms with van der Waals surface area (Å²) in [4.78, 5) is 0.988. The Morgan fingerprint density at radius 1 is 1.42 bits per heavy atom. The first-order chi connectivity index (χ1) is 9.18. The minimum absolute atomic E-state index is 0.480. The van der Waals surface area contributed by atoms with E-state index < -0.39 is 11.7 Å². The minimum Gasteiger partial charge on any atom is -0.389 e. The molecule has 1 atom stereocenters. The van der Waals surface area contributed by atoms with E-state index in [2.05, 4.69) is 0 Å². The zero-order valence-corrected chi connectivity index (χ0v) is 12.5. The average molecular weight is 303 g/mol. The highest BCUT2D eigenvalue weighted by Gasteiger charge is 2.39. The van der Waals surface area contributed by atoms with Gasteiger partial charge in [0.1, 0.15) is 0 Å². The average Bonchev–Trinajstić information content (AvgIpc) is 2.46. The van der Waals surface area contributed by atoms with E-state index in [0.717, 1.165) is 22.8 Å². The maximum absolute atomic E-state index is 10.4. The summed E-state index contributed by atoms with van der Waals surface area (Å²) in [7, 11) is 1.66. The van der Waals surface area contributed by atoms with Crippen molar-refractivity contribution in [3.63, 3.8) is 0 Å². The molecule has 1 fully saturated rings. The zero-order chi connectivity index (χ0) is 13.7. The lowest BCUT2D eigenvalue weighted by Crippen LogP contribution is -2.49. The first-order valence-corrected chi connectivity index (χ1v) is 7.72. The first-order valence-electron chi connectivity index (χ1n) is 6.36. The number of hydrogen-bond donors (Lipinski definition) is 1. The lowest BCUT2D eigenvalue weighted by atomic mass is 9.89. The second-order valence-electron chi connectivity index (χ2n) is 4.64. The first kappa shape index (κ1) is 15.1. The number of aliphatic hydroxyl groups is 1. The third-order valence-electron chi connectivity index (χ3n) is 3.59. The van der Waals surface area contributed by atoms with Gasteiger partial charge in [-0.2, -0.15) is 0 Å². The lowest BCUT2D eigenvalue weighted by Gasteiger charge is -2.39. The molecular formula is C14H19ClO3S. The molecule has 0 amide bonds. The number of rotatable bonds is 5. The molecule has 19 heavy (non-hydrogen) atoms. The molecule has 1 N–H and O–H groups in total. The van der Waals surface area contributed by atoms with Gasteiger partial charge in [0.05, 0.1) is 16.7 Å². The predicted octanol–water partition coefficient (Wildman–Crippen LogP) is 2.99. The van der Waals surface area contributed by atoms with Crippen molar-refractivity contribution >= 4 is 23.4 Å². The second-order valence-corrected chi connectivity index (χ2v) is 6.11. The Morgan fingerprint density at radius 2 is 2.11 bits per heavy atom. The highest BCUT2D eigenvalue weighted by atomic mass is 35.5. The highest BCUT2D eigenvalue weighted by Crippen LogP contribution is 2.33. The van der Waals surface area contributed by atoms with Gasteiger partial charge in [0, 0.05) is 43.8 Å². The van der Waals surface area contributed by atoms with Crippen LogP contribution in [0.25, 0.3) is 0 Å². The van der Waals surface area contributed by atoms with Gasteiger partial charge in [0.15, 0.2) is 0 Å². The summed E-state index contributed by atoms with van der Waals surface area (Å²) in [6.45, 7) is 1.28. The van der Waals surface area contributed by atoms with Crippen LogP contribution in [0.2, 0.25) is 5.02 Å². The van der Waals surface area contributed by atoms with E-state index in [4.69, 9.17) is 21.1 Å². The van der Waals surface area contributed by atoms with E-state index in [9.17, 15) is 5.11 Å². The largest absolute Gasteiger partial charge is 0.389 e. The summed E-state index contributed by atoms with van der Waals surface area (Å²) in [6, 6.07) is 7.67. The maximum atomic E-state index is 10.4. The Morgan fingerprint density at radius 3 is 2.74 bits per heavy atom. The second kappa shape index (κ2) is 6.95. The normalized spacial score (nSPS) is 20.2. The van der Waals surface area contributed by atoms with E-state index in [0.29, 0.717) is 19.0 Å². The third kappa shape index (κ3) is 3.64. The topological polar surface area (TPSA) is 38.7 Å². The number of thioether (sulfide) groups is 1. The van der Waals surface area contributed by atoms with Crippen molar-refractivity contribution < 1.29 is 14.6 Å². The van der Waals surface area contributed by atoms with Gasteiger partial charge in [-0.05, 0) is 12.1 Å². The lowest BCUT2D eigenvalue weighted by molar-refractivity contribution is -0.145. The molecule has 0 saturated carbocycles. The zero-order valence-electron chi connectivity index (χ0n) is 11.0. The molecule has 0 aliphatic carbocycles. The van der Waals surface area contributed by atoms with E-state index in [-0.39, 0.29) is 0 Å². The van der Waals surface area contributed by atoms with Crippen LogP contribution in [0.3, 0.4) is 0 Å². The fourth-order valence-electron chi connectivity index (χ4n) is 2.27. The number of halogens is 1. The quantitative estimate of drug-likeness (QED) is 0.849. The van der Waals surface area contributed by atoms with Crippen molar-refractivity contribution in [2.75, 3.05) is 26.1 Å². The molecule has 1 aliphatic rings. The van der Waals surface area contributed by atoms with Gasteiger partial charge in [-0.15, -0.1) is 11.8 Å². The van der Waals surface area contributed by atoms with Crippen molar-refractivity contribution in [1.82, 2.24) is 0 Å². The molecule has 5 heteroatoms. The highest BCUT2D eigenvalue weighted by molar-refractivity contribution is 7.99. The molecule has 0 radical (unpaired) electrons. The SMILES string of the molecule is COC1(C(O)CSc2ccccc2Cl)CCOCC1. The van der Waals surface area contributed by atoms with Crippen LogP contribution < -0.4 is 0 Å². The molecule has 106 valence electrons. The van der Waals surface area contributed by atoms with Gasteiger partial charge in [-0.25, -0.2) is 0 Å². The third-order valence-corrected chi connectivity index (χ3v) is 5.18. The Kier molecular flexibility index (Phi) is 5.54. The van der Waals surface area contributed by atoms with Crippen LogP contribution in [0.1, 0.15) is 12.8 Å². The van der Waals surface area contributed by atoms with E-state index in [1.165, 1.54) is 0 Å². The van der Waals surface area contributed by atoms with Crippen molar-refractivity contribution in [3.05, 3.63) is 29.3 Å². The summed E-state index contributed by atoms with van der Waals surface area (Å²) in [5.41, 5.74) is -0.480. The molecule has 1 aliphatic heterocycles. The maximum Gasteiger partial charge on any atom is 0.0988 e. The molecule has 0 spiro atoms. The van der Waals surface area contributed by atoms with Crippen LogP contribution in [0.5, 0.6) is 0 Å². The summed E-state index contributed by atoms with van der Waals surface area (Å²) in [5, 5.41) is 11.2. The van der Waals surface area contributed by atoms with Crippen molar-refractivity contribution in [2.45, 2.75) is 29.4 Å². The standard InChI is InChI=1S/C14H19ClO3S/c1-17-14(6-8-18-9-7-14)13(16)10-19-12-5-3-2-4-11(12)15/h2-5,13,16H,6-10H2,1H3. The fraction of sp³-hybridized carbons (Fsp3) is 0.571. The Hall–Kier alpha value is -0.260. The summed E-state index contributed by atoms with van der Waals surface area (Å²) in [6.07, 6.45) is 0.935. The van der Waals surface area contributed by atoms with Crippen LogP contribution in [0.15, 0.2) is 29.2 Å². The molecule has 1 saturated heterocycles. The fourth-order valence-corrected chi connectivity index (χ4v) is 3.59. The number of ether oxygens (including phenoxy) is 2. The molecular weight excluding hydrogens is 284 g/mol. The molecule has 1 unspecified atom stereocenters. The van der Waals surface area contributed by atoms with E-state index >= 15 is 0 Å². The van der Waals surface area contributed by atoms with Gasteiger partial charge in [0.25, 0.3) is 0 Å². The Labute approximate surface area is 123 Å². The van der Waals surface area contributed by atoms with E-state index in [1.54, 1.807) is 18.9 Å². The molecule has 0 bridgehead atoms. The van der Waals surface area contributed by atoms with Crippen LogP contribution in [0.4, 0.5) is 0 Å². The van der Waals surface area contributed by atoms with E-state index in [1.807, 2.05) is 24.3 Å². The molecule has 2 rings (SSSR count). The van der Waals surface area contributed by atoms with Crippen molar-refractivity contribution in [3.8, 4) is 0 Å². The van der Waals surface area contributed by atoms with Gasteiger partial charge >= 0.3 is 0 Å². The molecule has 3 nitrogen and oxygen atoms in total. The summed E-state index contributed by atoms with van der Waals surface area (Å²) >= 11 is 7.67. The molecule has 1 heterocycles. The predicted molar refractivity (Wildman–Crippen MR) is 78.0 cm³/mol. The number of methoxy groups -OCH3 is 1. The van der Waals surface area contributed by atoms with Crippen LogP contribution >= 0.6 is 23.4 Å². The van der Waals surface area contributed by atoms with Gasteiger partial charge in [-0.3, -0.25) is 0 Å². The van der Waals surface area contributed by atoms with Gasteiger partial charge in [0.2, 0.25) is 0 Å². The Balaban J connectivity index is 1.96. The number of hydrogen-bond acceptors (Lipinski definition) is 4. The van der Waals surface area contributed by atoms with Gasteiger partial charge < -0.3 is 14.6 Å². The van der Waals surface area contributed by atoms with Gasteiger partial charge in [-0.1, -0.05) is 23.7 Å². The molecule has 1 aromatic rings.